The number of nitrogens with two attached hydrogens (primary N) is 1. The fraction of sp³-hybridized carbons (Fsp3) is 0.143. The lowest BCUT2D eigenvalue weighted by Gasteiger charge is -2.10. The quantitative estimate of drug-likeness (QED) is 0.855. The van der Waals surface area contributed by atoms with Crippen molar-refractivity contribution in [3.05, 3.63) is 53.3 Å². The van der Waals surface area contributed by atoms with Gasteiger partial charge >= 0.3 is 0 Å². The summed E-state index contributed by atoms with van der Waals surface area (Å²) in [4.78, 5) is -0.0598. The molecule has 0 saturated carbocycles. The van der Waals surface area contributed by atoms with Gasteiger partial charge in [0, 0.05) is 5.69 Å². The monoisotopic (exact) mass is 294 g/mol. The Hall–Kier alpha value is -2.08. The maximum atomic E-state index is 13.4. The van der Waals surface area contributed by atoms with E-state index in [0.717, 1.165) is 11.6 Å². The molecule has 0 aliphatic rings. The largest absolute Gasteiger partial charge is 0.396 e. The van der Waals surface area contributed by atoms with Crippen LogP contribution < -0.4 is 10.5 Å². The molecule has 0 aliphatic heterocycles. The van der Waals surface area contributed by atoms with E-state index in [1.54, 1.807) is 18.2 Å². The highest BCUT2D eigenvalue weighted by Gasteiger charge is 2.17. The van der Waals surface area contributed by atoms with Crippen LogP contribution in [-0.4, -0.2) is 8.42 Å². The minimum absolute atomic E-state index is 0.0598. The van der Waals surface area contributed by atoms with Gasteiger partial charge in [-0.15, -0.1) is 0 Å². The lowest BCUT2D eigenvalue weighted by atomic mass is 10.2. The molecule has 0 spiro atoms. The van der Waals surface area contributed by atoms with Gasteiger partial charge in [0.25, 0.3) is 10.0 Å². The molecular formula is C14H15FN2O2S. The summed E-state index contributed by atoms with van der Waals surface area (Å²) in [7, 11) is -3.79. The molecule has 20 heavy (non-hydrogen) atoms. The van der Waals surface area contributed by atoms with E-state index in [1.165, 1.54) is 13.0 Å². The number of sulfonamides is 1. The topological polar surface area (TPSA) is 72.2 Å². The number of anilines is 2. The second kappa shape index (κ2) is 5.13. The Morgan fingerprint density at radius 1 is 1.15 bits per heavy atom. The molecule has 0 heterocycles. The number of rotatable bonds is 3. The second-order valence-corrected chi connectivity index (χ2v) is 6.30. The average molecular weight is 294 g/mol. The maximum absolute atomic E-state index is 13.4. The Labute approximate surface area is 117 Å². The highest BCUT2D eigenvalue weighted by molar-refractivity contribution is 7.92. The molecule has 0 unspecified atom stereocenters. The highest BCUT2D eigenvalue weighted by Crippen LogP contribution is 2.23. The van der Waals surface area contributed by atoms with Crippen LogP contribution in [-0.2, 0) is 10.0 Å². The van der Waals surface area contributed by atoms with Gasteiger partial charge in [-0.05, 0) is 49.2 Å². The molecule has 0 atom stereocenters. The van der Waals surface area contributed by atoms with Crippen LogP contribution in [0, 0.1) is 19.7 Å². The van der Waals surface area contributed by atoms with Crippen LogP contribution in [0.5, 0.6) is 0 Å². The summed E-state index contributed by atoms with van der Waals surface area (Å²) in [6, 6.07) is 9.32. The minimum atomic E-state index is -3.79. The number of halogens is 1. The van der Waals surface area contributed by atoms with Crippen molar-refractivity contribution in [2.24, 2.45) is 0 Å². The highest BCUT2D eigenvalue weighted by atomic mass is 32.2. The average Bonchev–Trinajstić information content (AvgIpc) is 2.34. The van der Waals surface area contributed by atoms with E-state index < -0.39 is 15.8 Å². The van der Waals surface area contributed by atoms with Crippen molar-refractivity contribution >= 4 is 21.4 Å². The van der Waals surface area contributed by atoms with Crippen LogP contribution in [0.25, 0.3) is 0 Å². The van der Waals surface area contributed by atoms with Gasteiger partial charge in [0.05, 0.1) is 10.6 Å². The SMILES string of the molecule is Cc1cccc(NS(=O)(=O)c2cc(C)c(F)c(N)c2)c1. The zero-order chi connectivity index (χ0) is 14.9. The second-order valence-electron chi connectivity index (χ2n) is 4.62. The van der Waals surface area contributed by atoms with Crippen molar-refractivity contribution in [1.82, 2.24) is 0 Å². The zero-order valence-electron chi connectivity index (χ0n) is 11.1. The summed E-state index contributed by atoms with van der Waals surface area (Å²) in [5.74, 6) is -0.598. The van der Waals surface area contributed by atoms with Crippen LogP contribution in [0.3, 0.4) is 0 Å². The van der Waals surface area contributed by atoms with E-state index in [9.17, 15) is 12.8 Å². The molecule has 6 heteroatoms. The van der Waals surface area contributed by atoms with Crippen molar-refractivity contribution < 1.29 is 12.8 Å². The Bertz CT molecular complexity index is 735. The molecule has 0 bridgehead atoms. The number of nitrogen functional groups attached to an aromatic ring is 1. The van der Waals surface area contributed by atoms with Crippen molar-refractivity contribution in [2.75, 3.05) is 10.5 Å². The van der Waals surface area contributed by atoms with E-state index in [2.05, 4.69) is 4.72 Å². The molecule has 2 rings (SSSR count). The number of hydrogen-bond donors (Lipinski definition) is 2. The molecular weight excluding hydrogens is 279 g/mol. The molecule has 0 aliphatic carbocycles. The molecule has 2 aromatic carbocycles. The maximum Gasteiger partial charge on any atom is 0.261 e. The third kappa shape index (κ3) is 2.91. The number of hydrogen-bond acceptors (Lipinski definition) is 3. The van der Waals surface area contributed by atoms with Gasteiger partial charge in [0.2, 0.25) is 0 Å². The third-order valence-electron chi connectivity index (χ3n) is 2.84. The number of aryl methyl sites for hydroxylation is 2. The predicted molar refractivity (Wildman–Crippen MR) is 77.5 cm³/mol. The van der Waals surface area contributed by atoms with E-state index in [0.29, 0.717) is 5.69 Å². The summed E-state index contributed by atoms with van der Waals surface area (Å²) in [6.07, 6.45) is 0. The normalized spacial score (nSPS) is 11.3. The van der Waals surface area contributed by atoms with Gasteiger partial charge in [-0.2, -0.15) is 0 Å². The van der Waals surface area contributed by atoms with Crippen LogP contribution in [0.4, 0.5) is 15.8 Å². The molecule has 0 fully saturated rings. The fourth-order valence-electron chi connectivity index (χ4n) is 1.84. The molecule has 0 saturated heterocycles. The summed E-state index contributed by atoms with van der Waals surface area (Å²) < 4.78 is 40.4. The van der Waals surface area contributed by atoms with Gasteiger partial charge in [-0.1, -0.05) is 12.1 Å². The Balaban J connectivity index is 2.41. The number of nitrogens with one attached hydrogen (secondary N) is 1. The van der Waals surface area contributed by atoms with Crippen LogP contribution in [0.1, 0.15) is 11.1 Å². The Morgan fingerprint density at radius 2 is 1.85 bits per heavy atom. The van der Waals surface area contributed by atoms with E-state index in [1.807, 2.05) is 13.0 Å². The first-order valence-corrected chi connectivity index (χ1v) is 7.43. The van der Waals surface area contributed by atoms with Crippen LogP contribution in [0.2, 0.25) is 0 Å². The molecule has 0 amide bonds. The molecule has 106 valence electrons. The smallest absolute Gasteiger partial charge is 0.261 e. The van der Waals surface area contributed by atoms with Gasteiger partial charge < -0.3 is 5.73 Å². The summed E-state index contributed by atoms with van der Waals surface area (Å²) in [6.45, 7) is 3.33. The first kappa shape index (κ1) is 14.3. The molecule has 3 N–H and O–H groups in total. The summed E-state index contributed by atoms with van der Waals surface area (Å²) >= 11 is 0. The van der Waals surface area contributed by atoms with Crippen LogP contribution >= 0.6 is 0 Å². The Morgan fingerprint density at radius 3 is 2.45 bits per heavy atom. The Kier molecular flexibility index (Phi) is 3.67. The lowest BCUT2D eigenvalue weighted by molar-refractivity contribution is 0.599. The minimum Gasteiger partial charge on any atom is -0.396 e. The van der Waals surface area contributed by atoms with Gasteiger partial charge in [-0.3, -0.25) is 4.72 Å². The van der Waals surface area contributed by atoms with Gasteiger partial charge in [0.15, 0.2) is 0 Å². The fourth-order valence-corrected chi connectivity index (χ4v) is 3.01. The van der Waals surface area contributed by atoms with E-state index in [-0.39, 0.29) is 16.1 Å². The van der Waals surface area contributed by atoms with Crippen molar-refractivity contribution in [3.63, 3.8) is 0 Å². The van der Waals surface area contributed by atoms with E-state index >= 15 is 0 Å². The molecule has 0 aromatic heterocycles. The summed E-state index contributed by atoms with van der Waals surface area (Å²) in [5, 5.41) is 0. The van der Waals surface area contributed by atoms with Gasteiger partial charge in [-0.25, -0.2) is 12.8 Å². The first-order valence-electron chi connectivity index (χ1n) is 5.95. The van der Waals surface area contributed by atoms with Gasteiger partial charge in [0.1, 0.15) is 5.82 Å². The predicted octanol–water partition coefficient (Wildman–Crippen LogP) is 2.83. The molecule has 0 radical (unpaired) electrons. The lowest BCUT2D eigenvalue weighted by Crippen LogP contribution is -2.14. The summed E-state index contributed by atoms with van der Waals surface area (Å²) in [5.41, 5.74) is 6.85. The standard InChI is InChI=1S/C14H15FN2O2S/c1-9-4-3-5-11(6-9)17-20(18,19)12-7-10(2)14(15)13(16)8-12/h3-8,17H,16H2,1-2H3. The van der Waals surface area contributed by atoms with Crippen molar-refractivity contribution in [2.45, 2.75) is 18.7 Å². The zero-order valence-corrected chi connectivity index (χ0v) is 12.0. The van der Waals surface area contributed by atoms with Crippen molar-refractivity contribution in [1.29, 1.82) is 0 Å². The third-order valence-corrected chi connectivity index (χ3v) is 4.20. The number of benzene rings is 2. The molecule has 2 aromatic rings. The first-order chi connectivity index (χ1) is 9.29. The van der Waals surface area contributed by atoms with Crippen LogP contribution in [0.15, 0.2) is 41.3 Å². The van der Waals surface area contributed by atoms with E-state index in [4.69, 9.17) is 5.73 Å². The molecule has 4 nitrogen and oxygen atoms in total. The van der Waals surface area contributed by atoms with Crippen molar-refractivity contribution in [3.8, 4) is 0 Å².